The van der Waals surface area contributed by atoms with Gasteiger partial charge < -0.3 is 19.2 Å². The fourth-order valence-corrected chi connectivity index (χ4v) is 3.27. The Bertz CT molecular complexity index is 824. The molecule has 6 heteroatoms. The molecule has 2 fully saturated rings. The SMILES string of the molecule is O=C1OC2(CCCCC2)OC(=O)C1=Cc1ccc(Nc2ccccc2)o1. The summed E-state index contributed by atoms with van der Waals surface area (Å²) in [4.78, 5) is 24.7. The number of furan rings is 1. The van der Waals surface area contributed by atoms with Crippen LogP contribution in [0, 0.1) is 0 Å². The van der Waals surface area contributed by atoms with Crippen molar-refractivity contribution in [3.63, 3.8) is 0 Å². The zero-order chi connectivity index (χ0) is 18.0. The van der Waals surface area contributed by atoms with Crippen LogP contribution in [0.4, 0.5) is 11.6 Å². The molecule has 134 valence electrons. The Morgan fingerprint density at radius 3 is 2.27 bits per heavy atom. The molecule has 6 nitrogen and oxygen atoms in total. The Labute approximate surface area is 150 Å². The maximum absolute atomic E-state index is 12.3. The minimum Gasteiger partial charge on any atom is -0.441 e. The van der Waals surface area contributed by atoms with Gasteiger partial charge in [0.05, 0.1) is 0 Å². The van der Waals surface area contributed by atoms with Gasteiger partial charge in [0.2, 0.25) is 0 Å². The van der Waals surface area contributed by atoms with Crippen molar-refractivity contribution in [1.82, 2.24) is 0 Å². The molecule has 1 saturated carbocycles. The summed E-state index contributed by atoms with van der Waals surface area (Å²) in [6.45, 7) is 0. The van der Waals surface area contributed by atoms with Crippen molar-refractivity contribution in [3.05, 3.63) is 53.8 Å². The molecule has 1 N–H and O–H groups in total. The standard InChI is InChI=1S/C20H19NO5/c22-18-16(19(23)26-20(25-18)11-5-2-6-12-20)13-15-9-10-17(24-15)21-14-7-3-1-4-8-14/h1,3-4,7-10,13,21H,2,5-6,11-12H2. The van der Waals surface area contributed by atoms with Gasteiger partial charge in [0.25, 0.3) is 5.79 Å². The Kier molecular flexibility index (Phi) is 4.24. The zero-order valence-corrected chi connectivity index (χ0v) is 14.2. The van der Waals surface area contributed by atoms with E-state index in [0.29, 0.717) is 24.5 Å². The number of hydrogen-bond acceptors (Lipinski definition) is 6. The number of para-hydroxylation sites is 1. The predicted octanol–water partition coefficient (Wildman–Crippen LogP) is 4.17. The summed E-state index contributed by atoms with van der Waals surface area (Å²) in [6, 6.07) is 12.9. The quantitative estimate of drug-likeness (QED) is 0.507. The van der Waals surface area contributed by atoms with Gasteiger partial charge in [-0.3, -0.25) is 0 Å². The van der Waals surface area contributed by atoms with E-state index in [1.165, 1.54) is 6.08 Å². The number of carbonyl (C=O) groups excluding carboxylic acids is 2. The molecule has 2 heterocycles. The fraction of sp³-hybridized carbons (Fsp3) is 0.300. The third-order valence-corrected chi connectivity index (χ3v) is 4.57. The predicted molar refractivity (Wildman–Crippen MR) is 94.4 cm³/mol. The first-order chi connectivity index (χ1) is 12.6. The van der Waals surface area contributed by atoms with E-state index in [1.54, 1.807) is 12.1 Å². The average molecular weight is 353 g/mol. The maximum Gasteiger partial charge on any atom is 0.349 e. The Morgan fingerprint density at radius 1 is 0.885 bits per heavy atom. The smallest absolute Gasteiger partial charge is 0.349 e. The molecule has 26 heavy (non-hydrogen) atoms. The number of anilines is 2. The number of hydrogen-bond donors (Lipinski definition) is 1. The Hall–Kier alpha value is -3.02. The molecule has 4 rings (SSSR count). The molecule has 1 aromatic heterocycles. The highest BCUT2D eigenvalue weighted by Crippen LogP contribution is 2.37. The van der Waals surface area contributed by atoms with Crippen LogP contribution in [0.5, 0.6) is 0 Å². The second-order valence-corrected chi connectivity index (χ2v) is 6.50. The first kappa shape index (κ1) is 16.4. The van der Waals surface area contributed by atoms with Gasteiger partial charge in [-0.25, -0.2) is 9.59 Å². The van der Waals surface area contributed by atoms with Crippen LogP contribution >= 0.6 is 0 Å². The molecule has 2 aliphatic rings. The van der Waals surface area contributed by atoms with Crippen LogP contribution in [0.15, 0.2) is 52.5 Å². The molecule has 2 aromatic rings. The molecular formula is C20H19NO5. The van der Waals surface area contributed by atoms with Gasteiger partial charge in [-0.05, 0) is 31.0 Å². The molecule has 1 spiro atoms. The molecule has 1 aliphatic carbocycles. The number of benzene rings is 1. The number of rotatable bonds is 3. The first-order valence-corrected chi connectivity index (χ1v) is 8.74. The lowest BCUT2D eigenvalue weighted by molar-refractivity contribution is -0.244. The highest BCUT2D eigenvalue weighted by atomic mass is 16.7. The third kappa shape index (κ3) is 3.35. The van der Waals surface area contributed by atoms with Crippen LogP contribution in [-0.2, 0) is 19.1 Å². The molecule has 1 aliphatic heterocycles. The van der Waals surface area contributed by atoms with Crippen molar-refractivity contribution in [2.45, 2.75) is 37.9 Å². The molecule has 0 bridgehead atoms. The third-order valence-electron chi connectivity index (χ3n) is 4.57. The van der Waals surface area contributed by atoms with Crippen molar-refractivity contribution in [2.75, 3.05) is 5.32 Å². The number of esters is 2. The van der Waals surface area contributed by atoms with Crippen LogP contribution in [0.1, 0.15) is 37.9 Å². The van der Waals surface area contributed by atoms with Crippen molar-refractivity contribution >= 4 is 29.6 Å². The van der Waals surface area contributed by atoms with Gasteiger partial charge in [0.1, 0.15) is 11.3 Å². The van der Waals surface area contributed by atoms with Crippen molar-refractivity contribution < 1.29 is 23.5 Å². The van der Waals surface area contributed by atoms with Crippen LogP contribution in [0.3, 0.4) is 0 Å². The van der Waals surface area contributed by atoms with Crippen molar-refractivity contribution in [2.24, 2.45) is 0 Å². The minimum absolute atomic E-state index is 0.151. The van der Waals surface area contributed by atoms with Gasteiger partial charge in [0, 0.05) is 30.7 Å². The second kappa shape index (κ2) is 6.71. The molecular weight excluding hydrogens is 334 g/mol. The van der Waals surface area contributed by atoms with Gasteiger partial charge in [-0.2, -0.15) is 0 Å². The van der Waals surface area contributed by atoms with Gasteiger partial charge in [0.15, 0.2) is 5.88 Å². The van der Waals surface area contributed by atoms with Crippen LogP contribution < -0.4 is 5.32 Å². The van der Waals surface area contributed by atoms with Gasteiger partial charge in [-0.1, -0.05) is 24.6 Å². The molecule has 0 amide bonds. The largest absolute Gasteiger partial charge is 0.441 e. The van der Waals surface area contributed by atoms with Crippen molar-refractivity contribution in [1.29, 1.82) is 0 Å². The summed E-state index contributed by atoms with van der Waals surface area (Å²) in [5, 5.41) is 3.10. The van der Waals surface area contributed by atoms with E-state index >= 15 is 0 Å². The monoisotopic (exact) mass is 353 g/mol. The van der Waals surface area contributed by atoms with E-state index < -0.39 is 17.7 Å². The summed E-state index contributed by atoms with van der Waals surface area (Å²) in [5.74, 6) is -1.52. The van der Waals surface area contributed by atoms with E-state index in [9.17, 15) is 9.59 Å². The summed E-state index contributed by atoms with van der Waals surface area (Å²) in [7, 11) is 0. The Morgan fingerprint density at radius 2 is 1.58 bits per heavy atom. The lowest BCUT2D eigenvalue weighted by Gasteiger charge is -2.38. The molecule has 1 saturated heterocycles. The average Bonchev–Trinajstić information content (AvgIpc) is 3.07. The lowest BCUT2D eigenvalue weighted by Crippen LogP contribution is -2.47. The van der Waals surface area contributed by atoms with Crippen molar-refractivity contribution in [3.8, 4) is 0 Å². The van der Waals surface area contributed by atoms with E-state index in [-0.39, 0.29) is 5.57 Å². The van der Waals surface area contributed by atoms with Gasteiger partial charge >= 0.3 is 11.9 Å². The van der Waals surface area contributed by atoms with E-state index in [4.69, 9.17) is 13.9 Å². The molecule has 0 atom stereocenters. The number of nitrogens with one attached hydrogen (secondary N) is 1. The summed E-state index contributed by atoms with van der Waals surface area (Å²) in [6.07, 6.45) is 5.30. The number of ether oxygens (including phenoxy) is 2. The summed E-state index contributed by atoms with van der Waals surface area (Å²) in [5.41, 5.74) is 0.721. The first-order valence-electron chi connectivity index (χ1n) is 8.74. The molecule has 0 radical (unpaired) electrons. The topological polar surface area (TPSA) is 77.8 Å². The highest BCUT2D eigenvalue weighted by molar-refractivity contribution is 6.18. The van der Waals surface area contributed by atoms with Crippen LogP contribution in [0.25, 0.3) is 6.08 Å². The minimum atomic E-state index is -1.08. The maximum atomic E-state index is 12.3. The normalized spacial score (nSPS) is 19.0. The molecule has 0 unspecified atom stereocenters. The van der Waals surface area contributed by atoms with E-state index in [1.807, 2.05) is 30.3 Å². The summed E-state index contributed by atoms with van der Waals surface area (Å²) >= 11 is 0. The van der Waals surface area contributed by atoms with Crippen LogP contribution in [0.2, 0.25) is 0 Å². The zero-order valence-electron chi connectivity index (χ0n) is 14.2. The highest BCUT2D eigenvalue weighted by Gasteiger charge is 2.46. The second-order valence-electron chi connectivity index (χ2n) is 6.50. The number of carbonyl (C=O) groups is 2. The summed E-state index contributed by atoms with van der Waals surface area (Å²) < 4.78 is 16.6. The lowest BCUT2D eigenvalue weighted by atomic mass is 9.93. The van der Waals surface area contributed by atoms with Gasteiger partial charge in [-0.15, -0.1) is 0 Å². The molecule has 1 aromatic carbocycles. The Balaban J connectivity index is 1.50. The van der Waals surface area contributed by atoms with E-state index in [0.717, 1.165) is 24.9 Å². The van der Waals surface area contributed by atoms with Crippen LogP contribution in [-0.4, -0.2) is 17.7 Å². The fourth-order valence-electron chi connectivity index (χ4n) is 3.27. The van der Waals surface area contributed by atoms with E-state index in [2.05, 4.69) is 5.32 Å².